The maximum Gasteiger partial charge on any atom is -0.0454 e. The van der Waals surface area contributed by atoms with E-state index < -0.39 is 0 Å². The molecule has 0 bridgehead atoms. The predicted molar refractivity (Wildman–Crippen MR) is 33.1 cm³/mol. The normalized spacial score (nSPS) is 5.71. The van der Waals surface area contributed by atoms with E-state index >= 15 is 0 Å². The molecule has 7 heavy (non-hydrogen) atoms. The minimum absolute atomic E-state index is 0. The van der Waals surface area contributed by atoms with Gasteiger partial charge in [-0.2, -0.15) is 0 Å². The Hall–Kier alpha value is 0.884. The van der Waals surface area contributed by atoms with E-state index in [1.807, 2.05) is 0 Å². The van der Waals surface area contributed by atoms with Crippen LogP contribution in [0.15, 0.2) is 23.7 Å². The van der Waals surface area contributed by atoms with Crippen molar-refractivity contribution in [3.05, 3.63) is 23.7 Å². The average molecular weight is 151 g/mol. The molecule has 37 valence electrons. The molecule has 0 unspecified atom stereocenters. The topological polar surface area (TPSA) is 0 Å². The van der Waals surface area contributed by atoms with Crippen molar-refractivity contribution in [2.75, 3.05) is 0 Å². The molecule has 0 aliphatic heterocycles. The molecular weight excluding hydrogens is 145 g/mol. The van der Waals surface area contributed by atoms with Gasteiger partial charge < -0.3 is 0 Å². The second-order valence-corrected chi connectivity index (χ2v) is 1.88. The molecule has 1 radical (unpaired) electrons. The molecule has 0 aliphatic rings. The minimum Gasteiger partial charge on any atom is -0.140 e. The van der Waals surface area contributed by atoms with Gasteiger partial charge in [-0.3, -0.25) is 0 Å². The van der Waals surface area contributed by atoms with E-state index in [0.29, 0.717) is 0 Å². The molecule has 0 amide bonds. The van der Waals surface area contributed by atoms with E-state index in [4.69, 9.17) is 0 Å². The van der Waals surface area contributed by atoms with Crippen LogP contribution in [0.3, 0.4) is 0 Å². The SMILES string of the molecule is [Co].[LiH].c1cc[pH]c1. The van der Waals surface area contributed by atoms with Crippen LogP contribution in [0.25, 0.3) is 0 Å². The van der Waals surface area contributed by atoms with Gasteiger partial charge in [0.25, 0.3) is 0 Å². The van der Waals surface area contributed by atoms with Crippen molar-refractivity contribution in [3.63, 3.8) is 0 Å². The van der Waals surface area contributed by atoms with Crippen LogP contribution < -0.4 is 0 Å². The molecule has 1 aromatic rings. The fourth-order valence-corrected chi connectivity index (χ4v) is 0.833. The van der Waals surface area contributed by atoms with E-state index in [2.05, 4.69) is 23.7 Å². The zero-order chi connectivity index (χ0) is 3.54. The molecule has 0 nitrogen and oxygen atoms in total. The fourth-order valence-electron chi connectivity index (χ4n) is 0.278. The van der Waals surface area contributed by atoms with Crippen molar-refractivity contribution in [2.24, 2.45) is 0 Å². The van der Waals surface area contributed by atoms with Crippen LogP contribution in [0, 0.1) is 0 Å². The van der Waals surface area contributed by atoms with Crippen molar-refractivity contribution in [3.8, 4) is 0 Å². The molecule has 0 N–H and O–H groups in total. The molecule has 1 rings (SSSR count). The third-order valence-electron chi connectivity index (χ3n) is 0.496. The third kappa shape index (κ3) is 4.74. The van der Waals surface area contributed by atoms with Crippen molar-refractivity contribution in [2.45, 2.75) is 0 Å². The summed E-state index contributed by atoms with van der Waals surface area (Å²) in [6.07, 6.45) is 0. The molecule has 0 aromatic carbocycles. The first-order valence-electron chi connectivity index (χ1n) is 1.58. The summed E-state index contributed by atoms with van der Waals surface area (Å²) in [5.74, 6) is 4.31. The summed E-state index contributed by atoms with van der Waals surface area (Å²) >= 11 is 0. The van der Waals surface area contributed by atoms with Gasteiger partial charge in [-0.1, -0.05) is 12.1 Å². The second kappa shape index (κ2) is 6.88. The maximum absolute atomic E-state index is 2.15. The first-order chi connectivity index (χ1) is 2.50. The Morgan fingerprint density at radius 1 is 1.00 bits per heavy atom. The van der Waals surface area contributed by atoms with Crippen LogP contribution in [0.5, 0.6) is 0 Å². The van der Waals surface area contributed by atoms with Crippen LogP contribution in [0.2, 0.25) is 0 Å². The molecule has 0 fully saturated rings. The molecule has 0 aliphatic carbocycles. The largest absolute Gasteiger partial charge is 0.140 e. The van der Waals surface area contributed by atoms with Crippen molar-refractivity contribution in [1.29, 1.82) is 0 Å². The Balaban J connectivity index is 0. The first kappa shape index (κ1) is 10.8. The molecule has 0 spiro atoms. The standard InChI is InChI=1S/C4H5P.Co.Li.H/c1-2-4-5-3-1;;;/h1-5H;;;. The Kier molecular flexibility index (Phi) is 10.6. The monoisotopic (exact) mass is 151 g/mol. The molecule has 0 atom stereocenters. The molecule has 1 aromatic heterocycles. The van der Waals surface area contributed by atoms with Gasteiger partial charge in [0.15, 0.2) is 0 Å². The van der Waals surface area contributed by atoms with Crippen molar-refractivity contribution in [1.82, 2.24) is 0 Å². The summed E-state index contributed by atoms with van der Waals surface area (Å²) in [6, 6.07) is 4.14. The molecule has 3 heteroatoms. The smallest absolute Gasteiger partial charge is 0.0454 e. The minimum atomic E-state index is 0. The maximum atomic E-state index is 2.15. The van der Waals surface area contributed by atoms with Gasteiger partial charge in [0.2, 0.25) is 0 Å². The molecular formula is C4H6CoLiP. The van der Waals surface area contributed by atoms with Gasteiger partial charge >= 0.3 is 18.9 Å². The van der Waals surface area contributed by atoms with Gasteiger partial charge in [-0.25, -0.2) is 0 Å². The van der Waals surface area contributed by atoms with E-state index in [1.165, 1.54) is 0 Å². The van der Waals surface area contributed by atoms with E-state index in [-0.39, 0.29) is 35.6 Å². The van der Waals surface area contributed by atoms with Gasteiger partial charge in [-0.15, -0.1) is 8.19 Å². The third-order valence-corrected chi connectivity index (χ3v) is 1.27. The Morgan fingerprint density at radius 2 is 1.43 bits per heavy atom. The van der Waals surface area contributed by atoms with Crippen LogP contribution in [0.4, 0.5) is 0 Å². The Labute approximate surface area is 67.5 Å². The van der Waals surface area contributed by atoms with Gasteiger partial charge in [0.05, 0.1) is 0 Å². The Morgan fingerprint density at radius 3 is 1.57 bits per heavy atom. The fraction of sp³-hybridized carbons (Fsp3) is 0. The predicted octanol–water partition coefficient (Wildman–Crippen LogP) is 1.07. The van der Waals surface area contributed by atoms with E-state index in [9.17, 15) is 0 Å². The summed E-state index contributed by atoms with van der Waals surface area (Å²) < 4.78 is 0. The van der Waals surface area contributed by atoms with Gasteiger partial charge in [-0.05, 0) is 11.6 Å². The van der Waals surface area contributed by atoms with E-state index in [1.54, 1.807) is 0 Å². The summed E-state index contributed by atoms with van der Waals surface area (Å²) in [5, 5.41) is 0. The van der Waals surface area contributed by atoms with Crippen molar-refractivity contribution >= 4 is 27.1 Å². The quantitative estimate of drug-likeness (QED) is 0.486. The first-order valence-corrected chi connectivity index (χ1v) is 2.73. The van der Waals surface area contributed by atoms with Crippen molar-refractivity contribution < 1.29 is 16.8 Å². The summed E-state index contributed by atoms with van der Waals surface area (Å²) in [7, 11) is 0.948. The number of hydrogen-bond donors (Lipinski definition) is 0. The summed E-state index contributed by atoms with van der Waals surface area (Å²) in [6.45, 7) is 0. The molecule has 1 heterocycles. The van der Waals surface area contributed by atoms with Gasteiger partial charge in [0.1, 0.15) is 0 Å². The molecule has 0 saturated carbocycles. The van der Waals surface area contributed by atoms with Gasteiger partial charge in [0, 0.05) is 16.8 Å². The molecule has 0 saturated heterocycles. The summed E-state index contributed by atoms with van der Waals surface area (Å²) in [5.41, 5.74) is 0. The second-order valence-electron chi connectivity index (χ2n) is 0.885. The summed E-state index contributed by atoms with van der Waals surface area (Å²) in [4.78, 5) is 0. The van der Waals surface area contributed by atoms with E-state index in [0.717, 1.165) is 8.19 Å². The van der Waals surface area contributed by atoms with Crippen LogP contribution in [0.1, 0.15) is 0 Å². The zero-order valence-corrected chi connectivity index (χ0v) is 5.18. The zero-order valence-electron chi connectivity index (χ0n) is 3.14. The number of rotatable bonds is 0. The number of hydrogen-bond acceptors (Lipinski definition) is 0. The Bertz CT molecular complexity index is 68.2. The van der Waals surface area contributed by atoms with Crippen LogP contribution in [-0.4, -0.2) is 18.9 Å². The van der Waals surface area contributed by atoms with Crippen LogP contribution >= 0.6 is 8.19 Å². The van der Waals surface area contributed by atoms with Crippen LogP contribution in [-0.2, 0) is 16.8 Å². The average Bonchev–Trinajstić information content (AvgIpc) is 1.76.